The molecule has 2 amide bonds. The lowest BCUT2D eigenvalue weighted by atomic mass is 10.1. The number of H-pyrrole nitrogens is 1. The highest BCUT2D eigenvalue weighted by Gasteiger charge is 2.37. The lowest BCUT2D eigenvalue weighted by molar-refractivity contribution is -0.129. The van der Waals surface area contributed by atoms with E-state index in [4.69, 9.17) is 0 Å². The second-order valence-electron chi connectivity index (χ2n) is 6.00. The van der Waals surface area contributed by atoms with Crippen LogP contribution >= 0.6 is 0 Å². The first-order valence-corrected chi connectivity index (χ1v) is 7.84. The fourth-order valence-corrected chi connectivity index (χ4v) is 2.81. The molecule has 0 bridgehead atoms. The van der Waals surface area contributed by atoms with Crippen molar-refractivity contribution in [3.05, 3.63) is 58.0 Å². The minimum atomic E-state index is -0.772. The number of aromatic amines is 1. The molecule has 2 aromatic rings. The van der Waals surface area contributed by atoms with E-state index in [0.717, 1.165) is 16.8 Å². The van der Waals surface area contributed by atoms with Gasteiger partial charge < -0.3 is 15.2 Å². The molecule has 0 spiro atoms. The maximum atomic E-state index is 12.6. The van der Waals surface area contributed by atoms with E-state index in [1.807, 2.05) is 32.0 Å². The van der Waals surface area contributed by atoms with Crippen molar-refractivity contribution in [1.82, 2.24) is 4.98 Å². The van der Waals surface area contributed by atoms with Crippen molar-refractivity contribution in [3.63, 3.8) is 0 Å². The third-order valence-electron chi connectivity index (χ3n) is 4.40. The summed E-state index contributed by atoms with van der Waals surface area (Å²) in [6.45, 7) is 4.49. The highest BCUT2D eigenvalue weighted by Crippen LogP contribution is 2.27. The van der Waals surface area contributed by atoms with Gasteiger partial charge in [-0.25, -0.2) is 0 Å². The summed E-state index contributed by atoms with van der Waals surface area (Å²) in [5.41, 5.74) is 2.82. The summed E-state index contributed by atoms with van der Waals surface area (Å²) in [7, 11) is 0. The van der Waals surface area contributed by atoms with Crippen LogP contribution in [0.2, 0.25) is 0 Å². The standard InChI is InChI=1S/C18H19N3O3/c1-11-5-6-13(10-12(11)2)21-9-7-14(18(21)24)16(22)20-15-4-3-8-19-17(15)23/h3-6,8,10,14H,7,9H2,1-2H3,(H,19,23)(H,20,22)/t14-/m1/s1. The van der Waals surface area contributed by atoms with Crippen LogP contribution in [0.4, 0.5) is 11.4 Å². The van der Waals surface area contributed by atoms with Gasteiger partial charge in [-0.2, -0.15) is 0 Å². The number of nitrogens with one attached hydrogen (secondary N) is 2. The van der Waals surface area contributed by atoms with Crippen LogP contribution in [0.15, 0.2) is 41.3 Å². The summed E-state index contributed by atoms with van der Waals surface area (Å²) in [6.07, 6.45) is 1.92. The number of amides is 2. The van der Waals surface area contributed by atoms with E-state index < -0.39 is 11.8 Å². The van der Waals surface area contributed by atoms with Crippen molar-refractivity contribution in [1.29, 1.82) is 0 Å². The zero-order valence-electron chi connectivity index (χ0n) is 13.6. The number of hydrogen-bond donors (Lipinski definition) is 2. The third-order valence-corrected chi connectivity index (χ3v) is 4.40. The van der Waals surface area contributed by atoms with Crippen molar-refractivity contribution < 1.29 is 9.59 Å². The van der Waals surface area contributed by atoms with Crippen molar-refractivity contribution >= 4 is 23.2 Å². The van der Waals surface area contributed by atoms with Gasteiger partial charge in [0.1, 0.15) is 11.6 Å². The molecule has 1 fully saturated rings. The second-order valence-corrected chi connectivity index (χ2v) is 6.00. The normalized spacial score (nSPS) is 17.2. The van der Waals surface area contributed by atoms with Gasteiger partial charge in [0.25, 0.3) is 5.56 Å². The molecule has 1 atom stereocenters. The number of carbonyl (C=O) groups excluding carboxylic acids is 2. The Labute approximate surface area is 139 Å². The summed E-state index contributed by atoms with van der Waals surface area (Å²) in [6, 6.07) is 8.94. The van der Waals surface area contributed by atoms with Crippen LogP contribution < -0.4 is 15.8 Å². The average molecular weight is 325 g/mol. The number of pyridine rings is 1. The Morgan fingerprint density at radius 1 is 1.21 bits per heavy atom. The second kappa shape index (κ2) is 6.31. The Balaban J connectivity index is 1.76. The van der Waals surface area contributed by atoms with E-state index in [2.05, 4.69) is 10.3 Å². The number of carbonyl (C=O) groups is 2. The summed E-state index contributed by atoms with van der Waals surface area (Å²) in [5.74, 6) is -1.45. The molecule has 1 aliphatic rings. The Kier molecular flexibility index (Phi) is 4.20. The lowest BCUT2D eigenvalue weighted by Crippen LogP contribution is -2.34. The maximum Gasteiger partial charge on any atom is 0.271 e. The van der Waals surface area contributed by atoms with Crippen LogP contribution in [0.25, 0.3) is 0 Å². The van der Waals surface area contributed by atoms with Gasteiger partial charge in [0.15, 0.2) is 0 Å². The van der Waals surface area contributed by atoms with Gasteiger partial charge in [0.05, 0.1) is 0 Å². The molecular weight excluding hydrogens is 306 g/mol. The number of rotatable bonds is 3. The molecule has 1 aromatic heterocycles. The van der Waals surface area contributed by atoms with Crippen LogP contribution in [0, 0.1) is 19.8 Å². The Morgan fingerprint density at radius 3 is 2.71 bits per heavy atom. The first-order chi connectivity index (χ1) is 11.5. The minimum absolute atomic E-state index is 0.153. The molecule has 2 N–H and O–H groups in total. The molecule has 1 aromatic carbocycles. The summed E-state index contributed by atoms with van der Waals surface area (Å²) in [4.78, 5) is 40.7. The number of benzene rings is 1. The van der Waals surface area contributed by atoms with Crippen LogP contribution in [-0.4, -0.2) is 23.3 Å². The number of anilines is 2. The SMILES string of the molecule is Cc1ccc(N2CC[C@H](C(=O)Nc3ccc[nH]c3=O)C2=O)cc1C. The molecule has 0 unspecified atom stereocenters. The third kappa shape index (κ3) is 2.95. The predicted octanol–water partition coefficient (Wildman–Crippen LogP) is 1.98. The molecule has 124 valence electrons. The minimum Gasteiger partial charge on any atom is -0.327 e. The van der Waals surface area contributed by atoms with E-state index in [1.165, 1.54) is 12.3 Å². The highest BCUT2D eigenvalue weighted by atomic mass is 16.2. The zero-order chi connectivity index (χ0) is 17.3. The molecule has 1 saturated heterocycles. The smallest absolute Gasteiger partial charge is 0.271 e. The van der Waals surface area contributed by atoms with Crippen molar-refractivity contribution in [2.45, 2.75) is 20.3 Å². The van der Waals surface area contributed by atoms with Crippen molar-refractivity contribution in [3.8, 4) is 0 Å². The molecular formula is C18H19N3O3. The first kappa shape index (κ1) is 16.0. The zero-order valence-corrected chi connectivity index (χ0v) is 13.6. The molecule has 2 heterocycles. The topological polar surface area (TPSA) is 82.3 Å². The predicted molar refractivity (Wildman–Crippen MR) is 92.1 cm³/mol. The van der Waals surface area contributed by atoms with E-state index in [9.17, 15) is 14.4 Å². The largest absolute Gasteiger partial charge is 0.327 e. The molecule has 1 aliphatic heterocycles. The summed E-state index contributed by atoms with van der Waals surface area (Å²) < 4.78 is 0. The molecule has 0 aliphatic carbocycles. The molecule has 0 saturated carbocycles. The quantitative estimate of drug-likeness (QED) is 0.847. The average Bonchev–Trinajstić information content (AvgIpc) is 2.94. The van der Waals surface area contributed by atoms with Gasteiger partial charge in [0, 0.05) is 18.4 Å². The highest BCUT2D eigenvalue weighted by molar-refractivity contribution is 6.13. The Hall–Kier alpha value is -2.89. The monoisotopic (exact) mass is 325 g/mol. The van der Waals surface area contributed by atoms with Crippen molar-refractivity contribution in [2.75, 3.05) is 16.8 Å². The van der Waals surface area contributed by atoms with Gasteiger partial charge in [-0.05, 0) is 55.7 Å². The molecule has 6 nitrogen and oxygen atoms in total. The fraction of sp³-hybridized carbons (Fsp3) is 0.278. The van der Waals surface area contributed by atoms with Gasteiger partial charge in [-0.3, -0.25) is 14.4 Å². The number of nitrogens with zero attached hydrogens (tertiary/aromatic N) is 1. The fourth-order valence-electron chi connectivity index (χ4n) is 2.81. The number of aryl methyl sites for hydroxylation is 2. The van der Waals surface area contributed by atoms with Gasteiger partial charge >= 0.3 is 0 Å². The first-order valence-electron chi connectivity index (χ1n) is 7.84. The summed E-state index contributed by atoms with van der Waals surface area (Å²) in [5, 5.41) is 2.54. The Morgan fingerprint density at radius 2 is 2.00 bits per heavy atom. The molecule has 0 radical (unpaired) electrons. The van der Waals surface area contributed by atoms with Crippen LogP contribution in [-0.2, 0) is 9.59 Å². The van der Waals surface area contributed by atoms with Crippen LogP contribution in [0.3, 0.4) is 0 Å². The van der Waals surface area contributed by atoms with E-state index in [-0.39, 0.29) is 17.2 Å². The molecule has 3 rings (SSSR count). The van der Waals surface area contributed by atoms with Gasteiger partial charge in [-0.15, -0.1) is 0 Å². The van der Waals surface area contributed by atoms with E-state index >= 15 is 0 Å². The maximum absolute atomic E-state index is 12.6. The lowest BCUT2D eigenvalue weighted by Gasteiger charge is -2.18. The number of aromatic nitrogens is 1. The molecule has 6 heteroatoms. The van der Waals surface area contributed by atoms with Gasteiger partial charge in [0.2, 0.25) is 11.8 Å². The van der Waals surface area contributed by atoms with E-state index in [1.54, 1.807) is 11.0 Å². The van der Waals surface area contributed by atoms with Crippen LogP contribution in [0.1, 0.15) is 17.5 Å². The number of hydrogen-bond acceptors (Lipinski definition) is 3. The van der Waals surface area contributed by atoms with E-state index in [0.29, 0.717) is 13.0 Å². The van der Waals surface area contributed by atoms with Crippen molar-refractivity contribution in [2.24, 2.45) is 5.92 Å². The van der Waals surface area contributed by atoms with Crippen LogP contribution in [0.5, 0.6) is 0 Å². The Bertz CT molecular complexity index is 857. The summed E-state index contributed by atoms with van der Waals surface area (Å²) >= 11 is 0. The van der Waals surface area contributed by atoms with Gasteiger partial charge in [-0.1, -0.05) is 6.07 Å². The molecule has 24 heavy (non-hydrogen) atoms.